The summed E-state index contributed by atoms with van der Waals surface area (Å²) in [6.07, 6.45) is -3.41. The van der Waals surface area contributed by atoms with Gasteiger partial charge in [0.25, 0.3) is 0 Å². The molecule has 0 aliphatic carbocycles. The second kappa shape index (κ2) is 5.55. The summed E-state index contributed by atoms with van der Waals surface area (Å²) in [6, 6.07) is 5.69. The number of carbonyl (C=O) groups excluding carboxylic acids is 1. The summed E-state index contributed by atoms with van der Waals surface area (Å²) in [5, 5.41) is 9.40. The number of aryl methyl sites for hydroxylation is 2. The molecule has 0 fully saturated rings. The quantitative estimate of drug-likeness (QED) is 0.943. The van der Waals surface area contributed by atoms with Crippen molar-refractivity contribution >= 4 is 5.91 Å². The molecule has 21 heavy (non-hydrogen) atoms. The van der Waals surface area contributed by atoms with Crippen molar-refractivity contribution in [1.29, 1.82) is 0 Å². The Bertz CT molecular complexity index is 643. The molecule has 5 nitrogen and oxygen atoms in total. The number of rotatable bonds is 3. The average molecular weight is 298 g/mol. The molecule has 8 heteroatoms. The van der Waals surface area contributed by atoms with E-state index in [2.05, 4.69) is 10.3 Å². The van der Waals surface area contributed by atoms with Crippen molar-refractivity contribution < 1.29 is 18.0 Å². The molecular weight excluding hydrogens is 285 g/mol. The first-order valence-corrected chi connectivity index (χ1v) is 6.12. The first-order valence-electron chi connectivity index (χ1n) is 6.12. The number of alkyl halides is 3. The first kappa shape index (κ1) is 15.0. The Morgan fingerprint density at radius 3 is 2.48 bits per heavy atom. The number of nitrogens with zero attached hydrogens (tertiary/aromatic N) is 3. The molecule has 1 aromatic heterocycles. The van der Waals surface area contributed by atoms with Crippen LogP contribution in [0.5, 0.6) is 0 Å². The number of hydrogen-bond acceptors (Lipinski definition) is 3. The predicted octanol–water partition coefficient (Wildman–Crippen LogP) is 2.06. The molecule has 0 saturated carbocycles. The van der Waals surface area contributed by atoms with Crippen molar-refractivity contribution in [3.63, 3.8) is 0 Å². The molecule has 0 atom stereocenters. The zero-order valence-corrected chi connectivity index (χ0v) is 11.4. The van der Waals surface area contributed by atoms with Crippen LogP contribution in [-0.4, -0.2) is 27.1 Å². The minimum atomic E-state index is -4.90. The number of carbonyl (C=O) groups is 1. The molecule has 1 amide bonds. The fourth-order valence-corrected chi connectivity index (χ4v) is 1.93. The van der Waals surface area contributed by atoms with Crippen LogP contribution < -0.4 is 5.32 Å². The molecule has 2 rings (SSSR count). The second-order valence-corrected chi connectivity index (χ2v) is 4.58. The Balaban J connectivity index is 2.14. The highest BCUT2D eigenvalue weighted by Gasteiger charge is 2.38. The molecule has 0 unspecified atom stereocenters. The summed E-state index contributed by atoms with van der Waals surface area (Å²) in [4.78, 5) is 10.7. The van der Waals surface area contributed by atoms with Crippen molar-refractivity contribution in [2.24, 2.45) is 0 Å². The zero-order valence-electron chi connectivity index (χ0n) is 11.4. The van der Waals surface area contributed by atoms with Crippen LogP contribution in [0.2, 0.25) is 0 Å². The molecule has 0 aliphatic rings. The van der Waals surface area contributed by atoms with E-state index in [1.54, 1.807) is 5.32 Å². The number of hydrogen-bond donors (Lipinski definition) is 1. The van der Waals surface area contributed by atoms with Crippen LogP contribution >= 0.6 is 0 Å². The van der Waals surface area contributed by atoms with Gasteiger partial charge in [0.15, 0.2) is 0 Å². The smallest absolute Gasteiger partial charge is 0.342 e. The van der Waals surface area contributed by atoms with Gasteiger partial charge in [-0.1, -0.05) is 23.4 Å². The van der Waals surface area contributed by atoms with E-state index in [9.17, 15) is 18.0 Å². The van der Waals surface area contributed by atoms with E-state index in [1.165, 1.54) is 10.9 Å². The van der Waals surface area contributed by atoms with E-state index in [-0.39, 0.29) is 12.2 Å². The summed E-state index contributed by atoms with van der Waals surface area (Å²) in [7, 11) is 0. The van der Waals surface area contributed by atoms with E-state index in [1.807, 2.05) is 32.0 Å². The minimum absolute atomic E-state index is 0.246. The van der Waals surface area contributed by atoms with Crippen molar-refractivity contribution in [2.75, 3.05) is 0 Å². The van der Waals surface area contributed by atoms with Gasteiger partial charge in [-0.15, -0.1) is 5.10 Å². The maximum absolute atomic E-state index is 12.1. The van der Waals surface area contributed by atoms with Crippen molar-refractivity contribution in [3.8, 4) is 5.69 Å². The summed E-state index contributed by atoms with van der Waals surface area (Å²) in [6.45, 7) is 3.47. The SMILES string of the molecule is Cc1cccc(C)c1-n1cc(CNC(=O)C(F)(F)F)nn1. The van der Waals surface area contributed by atoms with Gasteiger partial charge in [0.1, 0.15) is 5.69 Å². The van der Waals surface area contributed by atoms with Gasteiger partial charge >= 0.3 is 12.1 Å². The maximum atomic E-state index is 12.1. The van der Waals surface area contributed by atoms with Gasteiger partial charge in [-0.2, -0.15) is 13.2 Å². The first-order chi connectivity index (χ1) is 9.79. The van der Waals surface area contributed by atoms with Crippen molar-refractivity contribution in [1.82, 2.24) is 20.3 Å². The lowest BCUT2D eigenvalue weighted by atomic mass is 10.1. The maximum Gasteiger partial charge on any atom is 0.471 e. The topological polar surface area (TPSA) is 59.8 Å². The van der Waals surface area contributed by atoms with E-state index in [0.29, 0.717) is 0 Å². The highest BCUT2D eigenvalue weighted by molar-refractivity contribution is 5.81. The monoisotopic (exact) mass is 298 g/mol. The van der Waals surface area contributed by atoms with Crippen LogP contribution in [0.3, 0.4) is 0 Å². The van der Waals surface area contributed by atoms with Gasteiger partial charge in [-0.3, -0.25) is 4.79 Å². The third kappa shape index (κ3) is 3.39. The van der Waals surface area contributed by atoms with Crippen LogP contribution in [0.25, 0.3) is 5.69 Å². The molecule has 0 aliphatic heterocycles. The third-order valence-electron chi connectivity index (χ3n) is 2.90. The molecule has 1 aromatic carbocycles. The van der Waals surface area contributed by atoms with Gasteiger partial charge < -0.3 is 5.32 Å². The Morgan fingerprint density at radius 1 is 1.29 bits per heavy atom. The van der Waals surface area contributed by atoms with Crippen LogP contribution in [0.15, 0.2) is 24.4 Å². The second-order valence-electron chi connectivity index (χ2n) is 4.58. The molecule has 2 aromatic rings. The standard InChI is InChI=1S/C13H13F3N4O/c1-8-4-3-5-9(2)11(8)20-7-10(18-19-20)6-17-12(21)13(14,15)16/h3-5,7H,6H2,1-2H3,(H,17,21). The lowest BCUT2D eigenvalue weighted by Crippen LogP contribution is -2.36. The molecule has 0 bridgehead atoms. The Labute approximate surface area is 118 Å². The Morgan fingerprint density at radius 2 is 1.90 bits per heavy atom. The molecule has 0 saturated heterocycles. The minimum Gasteiger partial charge on any atom is -0.342 e. The van der Waals surface area contributed by atoms with Gasteiger partial charge in [-0.05, 0) is 25.0 Å². The lowest BCUT2D eigenvalue weighted by Gasteiger charge is -2.08. The van der Waals surface area contributed by atoms with Crippen molar-refractivity contribution in [3.05, 3.63) is 41.2 Å². The van der Waals surface area contributed by atoms with Crippen LogP contribution in [-0.2, 0) is 11.3 Å². The Kier molecular flexibility index (Phi) is 3.97. The summed E-state index contributed by atoms with van der Waals surface area (Å²) in [5.41, 5.74) is 2.99. The number of halogens is 3. The third-order valence-corrected chi connectivity index (χ3v) is 2.90. The van der Waals surface area contributed by atoms with E-state index >= 15 is 0 Å². The van der Waals surface area contributed by atoms with Gasteiger partial charge in [0.05, 0.1) is 18.4 Å². The summed E-state index contributed by atoms with van der Waals surface area (Å²) in [5.74, 6) is -2.00. The Hall–Kier alpha value is -2.38. The lowest BCUT2D eigenvalue weighted by molar-refractivity contribution is -0.173. The number of para-hydroxylation sites is 1. The zero-order chi connectivity index (χ0) is 15.6. The fraction of sp³-hybridized carbons (Fsp3) is 0.308. The summed E-state index contributed by atoms with van der Waals surface area (Å²) < 4.78 is 37.7. The highest BCUT2D eigenvalue weighted by Crippen LogP contribution is 2.18. The van der Waals surface area contributed by atoms with E-state index in [4.69, 9.17) is 0 Å². The van der Waals surface area contributed by atoms with Gasteiger partial charge in [0, 0.05) is 0 Å². The van der Waals surface area contributed by atoms with Crippen LogP contribution in [0, 0.1) is 13.8 Å². The fourth-order valence-electron chi connectivity index (χ4n) is 1.93. The molecule has 1 heterocycles. The molecular formula is C13H13F3N4O. The molecule has 112 valence electrons. The number of nitrogens with one attached hydrogen (secondary N) is 1. The van der Waals surface area contributed by atoms with Crippen LogP contribution in [0.4, 0.5) is 13.2 Å². The van der Waals surface area contributed by atoms with E-state index < -0.39 is 12.1 Å². The number of amides is 1. The predicted molar refractivity (Wildman–Crippen MR) is 68.7 cm³/mol. The largest absolute Gasteiger partial charge is 0.471 e. The number of aromatic nitrogens is 3. The van der Waals surface area contributed by atoms with Crippen molar-refractivity contribution in [2.45, 2.75) is 26.6 Å². The molecule has 0 radical (unpaired) electrons. The molecule has 1 N–H and O–H groups in total. The van der Waals surface area contributed by atoms with Gasteiger partial charge in [0.2, 0.25) is 0 Å². The molecule has 0 spiro atoms. The van der Waals surface area contributed by atoms with Crippen LogP contribution in [0.1, 0.15) is 16.8 Å². The normalized spacial score (nSPS) is 11.5. The average Bonchev–Trinajstić information content (AvgIpc) is 2.83. The van der Waals surface area contributed by atoms with E-state index in [0.717, 1.165) is 16.8 Å². The number of benzene rings is 1. The highest BCUT2D eigenvalue weighted by atomic mass is 19.4. The van der Waals surface area contributed by atoms with Gasteiger partial charge in [-0.25, -0.2) is 4.68 Å². The summed E-state index contributed by atoms with van der Waals surface area (Å²) >= 11 is 0.